The van der Waals surface area contributed by atoms with Crippen molar-refractivity contribution in [1.82, 2.24) is 16.0 Å². The molecular weight excluding hydrogens is 496 g/mol. The van der Waals surface area contributed by atoms with Gasteiger partial charge in [0.1, 0.15) is 0 Å². The molecule has 0 radical (unpaired) electrons. The van der Waals surface area contributed by atoms with E-state index in [0.717, 1.165) is 11.1 Å². The Morgan fingerprint density at radius 3 is 2.19 bits per heavy atom. The molecular formula is C27H27ClN4O5. The van der Waals surface area contributed by atoms with Crippen molar-refractivity contribution in [3.63, 3.8) is 0 Å². The van der Waals surface area contributed by atoms with Gasteiger partial charge in [-0.1, -0.05) is 72.3 Å². The zero-order chi connectivity index (χ0) is 26.6. The van der Waals surface area contributed by atoms with Crippen molar-refractivity contribution in [3.05, 3.63) is 89.4 Å². The van der Waals surface area contributed by atoms with Crippen LogP contribution in [0.15, 0.2) is 78.9 Å². The van der Waals surface area contributed by atoms with Crippen molar-refractivity contribution in [1.29, 1.82) is 0 Å². The molecule has 0 aliphatic carbocycles. The highest BCUT2D eigenvalue weighted by Crippen LogP contribution is 2.23. The fourth-order valence-corrected chi connectivity index (χ4v) is 3.70. The maximum absolute atomic E-state index is 12.4. The third kappa shape index (κ3) is 9.30. The first kappa shape index (κ1) is 27.2. The van der Waals surface area contributed by atoms with Gasteiger partial charge in [-0.3, -0.25) is 14.4 Å². The Hall–Kier alpha value is -4.37. The number of anilines is 1. The summed E-state index contributed by atoms with van der Waals surface area (Å²) in [7, 11) is 0. The molecule has 0 saturated heterocycles. The molecule has 0 aliphatic heterocycles. The third-order valence-electron chi connectivity index (χ3n) is 5.30. The summed E-state index contributed by atoms with van der Waals surface area (Å²) in [5.41, 5.74) is 3.13. The van der Waals surface area contributed by atoms with Gasteiger partial charge < -0.3 is 26.4 Å². The van der Waals surface area contributed by atoms with E-state index in [9.17, 15) is 24.3 Å². The van der Waals surface area contributed by atoms with Crippen molar-refractivity contribution in [2.24, 2.45) is 0 Å². The minimum Gasteiger partial charge on any atom is -0.481 e. The number of halogens is 1. The van der Waals surface area contributed by atoms with Crippen molar-refractivity contribution < 1.29 is 24.3 Å². The van der Waals surface area contributed by atoms with Gasteiger partial charge >= 0.3 is 12.0 Å². The fraction of sp³-hybridized carbons (Fsp3) is 0.185. The molecule has 0 saturated carbocycles. The predicted octanol–water partition coefficient (Wildman–Crippen LogP) is 3.97. The molecule has 1 unspecified atom stereocenters. The molecule has 3 aromatic carbocycles. The van der Waals surface area contributed by atoms with Gasteiger partial charge in [-0.15, -0.1) is 0 Å². The number of carboxylic acids is 1. The second kappa shape index (κ2) is 13.6. The van der Waals surface area contributed by atoms with E-state index in [4.69, 9.17) is 11.6 Å². The average molecular weight is 523 g/mol. The van der Waals surface area contributed by atoms with Crippen LogP contribution in [0.2, 0.25) is 5.02 Å². The van der Waals surface area contributed by atoms with Crippen LogP contribution in [0.5, 0.6) is 0 Å². The lowest BCUT2D eigenvalue weighted by atomic mass is 9.99. The molecule has 5 N–H and O–H groups in total. The topological polar surface area (TPSA) is 137 Å². The molecule has 4 amide bonds. The number of amides is 4. The quantitative estimate of drug-likeness (QED) is 0.259. The monoisotopic (exact) mass is 522 g/mol. The van der Waals surface area contributed by atoms with Crippen LogP contribution < -0.4 is 21.3 Å². The Bertz CT molecular complexity index is 1240. The van der Waals surface area contributed by atoms with E-state index < -0.39 is 29.9 Å². The molecule has 37 heavy (non-hydrogen) atoms. The number of rotatable bonds is 11. The summed E-state index contributed by atoms with van der Waals surface area (Å²) in [6.07, 6.45) is -0.355. The maximum atomic E-state index is 12.4. The standard InChI is InChI=1S/C27H27ClN4O5/c28-21-7-4-8-22(15-21)31-27(37)29-14-13-24(33)30-17-25(34)32-23(16-26(35)36)20-11-9-19(10-12-20)18-5-2-1-3-6-18/h1-12,15,23H,13-14,16-17H2,(H,30,33)(H,32,34)(H,35,36)(H2,29,31,37). The minimum absolute atomic E-state index is 0.0459. The largest absolute Gasteiger partial charge is 0.481 e. The molecule has 0 aromatic heterocycles. The predicted molar refractivity (Wildman–Crippen MR) is 141 cm³/mol. The van der Waals surface area contributed by atoms with Crippen LogP contribution in [0.1, 0.15) is 24.4 Å². The van der Waals surface area contributed by atoms with Gasteiger partial charge in [-0.25, -0.2) is 4.79 Å². The summed E-state index contributed by atoms with van der Waals surface area (Å²) >= 11 is 5.87. The first-order valence-corrected chi connectivity index (χ1v) is 11.9. The highest BCUT2D eigenvalue weighted by atomic mass is 35.5. The Labute approximate surface area is 219 Å². The molecule has 3 rings (SSSR count). The van der Waals surface area contributed by atoms with Crippen molar-refractivity contribution in [3.8, 4) is 11.1 Å². The Kier molecular flexibility index (Phi) is 10.0. The third-order valence-corrected chi connectivity index (χ3v) is 5.54. The summed E-state index contributed by atoms with van der Waals surface area (Å²) < 4.78 is 0. The normalized spacial score (nSPS) is 11.2. The smallest absolute Gasteiger partial charge is 0.319 e. The fourth-order valence-electron chi connectivity index (χ4n) is 3.51. The average Bonchev–Trinajstić information content (AvgIpc) is 2.87. The number of carbonyl (C=O) groups is 4. The number of benzene rings is 3. The van der Waals surface area contributed by atoms with Crippen LogP contribution in [-0.2, 0) is 14.4 Å². The maximum Gasteiger partial charge on any atom is 0.319 e. The SMILES string of the molecule is O=C(O)CC(NC(=O)CNC(=O)CCNC(=O)Nc1cccc(Cl)c1)c1ccc(-c2ccccc2)cc1. The number of nitrogens with one attached hydrogen (secondary N) is 4. The van der Waals surface area contributed by atoms with E-state index >= 15 is 0 Å². The van der Waals surface area contributed by atoms with Crippen LogP contribution in [0.25, 0.3) is 11.1 Å². The number of aliphatic carboxylic acids is 1. The van der Waals surface area contributed by atoms with E-state index in [-0.39, 0.29) is 25.9 Å². The van der Waals surface area contributed by atoms with Crippen LogP contribution in [0, 0.1) is 0 Å². The van der Waals surface area contributed by atoms with Crippen molar-refractivity contribution in [2.45, 2.75) is 18.9 Å². The van der Waals surface area contributed by atoms with Gasteiger partial charge in [0.25, 0.3) is 0 Å². The Morgan fingerprint density at radius 2 is 1.51 bits per heavy atom. The highest BCUT2D eigenvalue weighted by Gasteiger charge is 2.18. The molecule has 0 aliphatic rings. The molecule has 0 bridgehead atoms. The summed E-state index contributed by atoms with van der Waals surface area (Å²) in [6.45, 7) is -0.277. The lowest BCUT2D eigenvalue weighted by Gasteiger charge is -2.18. The molecule has 1 atom stereocenters. The van der Waals surface area contributed by atoms with Crippen LogP contribution in [0.4, 0.5) is 10.5 Å². The Balaban J connectivity index is 1.44. The van der Waals surface area contributed by atoms with Crippen LogP contribution in [-0.4, -0.2) is 42.0 Å². The van der Waals surface area contributed by atoms with Gasteiger partial charge in [-0.05, 0) is 34.9 Å². The van der Waals surface area contributed by atoms with Gasteiger partial charge in [0, 0.05) is 23.7 Å². The lowest BCUT2D eigenvalue weighted by molar-refractivity contribution is -0.138. The van der Waals surface area contributed by atoms with E-state index in [1.165, 1.54) is 0 Å². The molecule has 192 valence electrons. The van der Waals surface area contributed by atoms with E-state index in [1.54, 1.807) is 36.4 Å². The van der Waals surface area contributed by atoms with Gasteiger partial charge in [0.05, 0.1) is 19.0 Å². The van der Waals surface area contributed by atoms with Gasteiger partial charge in [0.2, 0.25) is 11.8 Å². The second-order valence-electron chi connectivity index (χ2n) is 8.12. The first-order chi connectivity index (χ1) is 17.8. The van der Waals surface area contributed by atoms with Gasteiger partial charge in [-0.2, -0.15) is 0 Å². The molecule has 3 aromatic rings. The molecule has 0 fully saturated rings. The molecule has 10 heteroatoms. The number of carboxylic acid groups (broad SMARTS) is 1. The summed E-state index contributed by atoms with van der Waals surface area (Å²) in [6, 6.07) is 22.4. The van der Waals surface area contributed by atoms with Crippen LogP contribution in [0.3, 0.4) is 0 Å². The van der Waals surface area contributed by atoms with Crippen molar-refractivity contribution >= 4 is 41.1 Å². The van der Waals surface area contributed by atoms with E-state index in [1.807, 2.05) is 42.5 Å². The summed E-state index contributed by atoms with van der Waals surface area (Å²) in [5.74, 6) is -2.04. The number of carbonyl (C=O) groups excluding carboxylic acids is 3. The summed E-state index contributed by atoms with van der Waals surface area (Å²) in [5, 5.41) is 20.0. The molecule has 9 nitrogen and oxygen atoms in total. The number of hydrogen-bond acceptors (Lipinski definition) is 4. The molecule has 0 heterocycles. The summed E-state index contributed by atoms with van der Waals surface area (Å²) in [4.78, 5) is 47.7. The van der Waals surface area contributed by atoms with E-state index in [2.05, 4.69) is 21.3 Å². The zero-order valence-electron chi connectivity index (χ0n) is 19.9. The molecule has 0 spiro atoms. The highest BCUT2D eigenvalue weighted by molar-refractivity contribution is 6.30. The Morgan fingerprint density at radius 1 is 0.811 bits per heavy atom. The van der Waals surface area contributed by atoms with Crippen molar-refractivity contribution in [2.75, 3.05) is 18.4 Å². The van der Waals surface area contributed by atoms with Crippen LogP contribution >= 0.6 is 11.6 Å². The zero-order valence-corrected chi connectivity index (χ0v) is 20.6. The minimum atomic E-state index is -1.07. The van der Waals surface area contributed by atoms with Gasteiger partial charge in [0.15, 0.2) is 0 Å². The number of urea groups is 1. The second-order valence-corrected chi connectivity index (χ2v) is 8.56. The first-order valence-electron chi connectivity index (χ1n) is 11.5. The number of hydrogen-bond donors (Lipinski definition) is 5. The van der Waals surface area contributed by atoms with E-state index in [0.29, 0.717) is 16.3 Å². The lowest BCUT2D eigenvalue weighted by Crippen LogP contribution is -2.40.